The third-order valence-electron chi connectivity index (χ3n) is 5.56. The highest BCUT2D eigenvalue weighted by Crippen LogP contribution is 2.35. The number of carbonyl (C=O) groups is 1. The number of hydrogen-bond acceptors (Lipinski definition) is 4. The fraction of sp³-hybridized carbons (Fsp3) is 0.125. The fourth-order valence-electron chi connectivity index (χ4n) is 4.06. The van der Waals surface area contributed by atoms with Gasteiger partial charge in [0.1, 0.15) is 5.65 Å². The van der Waals surface area contributed by atoms with Crippen LogP contribution < -0.4 is 15.5 Å². The van der Waals surface area contributed by atoms with Gasteiger partial charge >= 0.3 is 6.03 Å². The number of hydrogen-bond donors (Lipinski definition) is 3. The standard InChI is InChI=1S/C24H20N6O/c25-14-16-4-6-18(7-5-16)28-24(31)29-21-2-1-3-22-20(21)10-13-30(22)15-17-8-11-26-23-19(17)9-12-27-23/h1-9,11-12H,10,13,15H2,(H,26,27)(H2,28,29,31). The Morgan fingerprint density at radius 1 is 1.13 bits per heavy atom. The maximum absolute atomic E-state index is 12.5. The van der Waals surface area contributed by atoms with Gasteiger partial charge in [-0.05, 0) is 60.5 Å². The zero-order valence-corrected chi connectivity index (χ0v) is 16.7. The lowest BCUT2D eigenvalue weighted by atomic mass is 10.1. The minimum Gasteiger partial charge on any atom is -0.367 e. The van der Waals surface area contributed by atoms with Crippen molar-refractivity contribution in [1.29, 1.82) is 5.26 Å². The molecule has 3 heterocycles. The number of nitrogens with zero attached hydrogens (tertiary/aromatic N) is 3. The van der Waals surface area contributed by atoms with Crippen LogP contribution in [0, 0.1) is 11.3 Å². The van der Waals surface area contributed by atoms with E-state index in [2.05, 4.69) is 49.8 Å². The van der Waals surface area contributed by atoms with E-state index >= 15 is 0 Å². The van der Waals surface area contributed by atoms with Crippen LogP contribution in [-0.2, 0) is 13.0 Å². The predicted octanol–water partition coefficient (Wildman–Crippen LogP) is 4.64. The molecule has 2 aromatic heterocycles. The first-order valence-electron chi connectivity index (χ1n) is 10.1. The molecule has 4 aromatic rings. The minimum atomic E-state index is -0.306. The van der Waals surface area contributed by atoms with E-state index in [1.165, 1.54) is 5.56 Å². The van der Waals surface area contributed by atoms with E-state index < -0.39 is 0 Å². The molecule has 0 saturated heterocycles. The van der Waals surface area contributed by atoms with Crippen molar-refractivity contribution in [2.45, 2.75) is 13.0 Å². The summed E-state index contributed by atoms with van der Waals surface area (Å²) in [7, 11) is 0. The molecule has 152 valence electrons. The number of urea groups is 1. The molecule has 3 N–H and O–H groups in total. The molecule has 0 radical (unpaired) electrons. The lowest BCUT2D eigenvalue weighted by Crippen LogP contribution is -2.20. The molecule has 0 spiro atoms. The van der Waals surface area contributed by atoms with Gasteiger partial charge in [-0.15, -0.1) is 0 Å². The van der Waals surface area contributed by atoms with Crippen molar-refractivity contribution in [2.75, 3.05) is 22.1 Å². The van der Waals surface area contributed by atoms with Gasteiger partial charge in [-0.3, -0.25) is 0 Å². The number of fused-ring (bicyclic) bond motifs is 2. The molecule has 2 amide bonds. The molecule has 0 fully saturated rings. The summed E-state index contributed by atoms with van der Waals surface area (Å²) in [5, 5.41) is 15.8. The number of nitrogens with one attached hydrogen (secondary N) is 3. The molecule has 0 atom stereocenters. The molecule has 0 aliphatic carbocycles. The predicted molar refractivity (Wildman–Crippen MR) is 121 cm³/mol. The number of benzene rings is 2. The highest BCUT2D eigenvalue weighted by molar-refractivity contribution is 6.01. The van der Waals surface area contributed by atoms with Gasteiger partial charge in [-0.2, -0.15) is 5.26 Å². The van der Waals surface area contributed by atoms with Crippen LogP contribution in [0.3, 0.4) is 0 Å². The lowest BCUT2D eigenvalue weighted by molar-refractivity contribution is 0.262. The SMILES string of the molecule is N#Cc1ccc(NC(=O)Nc2cccc3c2CCN3Cc2ccnc3[nH]ccc23)cc1. The van der Waals surface area contributed by atoms with Gasteiger partial charge < -0.3 is 20.5 Å². The summed E-state index contributed by atoms with van der Waals surface area (Å²) >= 11 is 0. The smallest absolute Gasteiger partial charge is 0.323 e. The van der Waals surface area contributed by atoms with E-state index in [-0.39, 0.29) is 6.03 Å². The Balaban J connectivity index is 1.32. The van der Waals surface area contributed by atoms with E-state index in [9.17, 15) is 4.79 Å². The topological polar surface area (TPSA) is 96.8 Å². The molecular formula is C24H20N6O. The summed E-state index contributed by atoms with van der Waals surface area (Å²) in [5.41, 5.74) is 6.39. The zero-order chi connectivity index (χ0) is 21.2. The molecule has 0 bridgehead atoms. The second-order valence-electron chi connectivity index (χ2n) is 7.45. The van der Waals surface area contributed by atoms with Crippen LogP contribution in [0.4, 0.5) is 21.9 Å². The van der Waals surface area contributed by atoms with Gasteiger partial charge in [0.05, 0.1) is 11.6 Å². The highest BCUT2D eigenvalue weighted by atomic mass is 16.2. The second kappa shape index (κ2) is 7.84. The average molecular weight is 408 g/mol. The summed E-state index contributed by atoms with van der Waals surface area (Å²) < 4.78 is 0. The Hall–Kier alpha value is -4.31. The fourth-order valence-corrected chi connectivity index (χ4v) is 4.06. The van der Waals surface area contributed by atoms with Crippen LogP contribution in [0.1, 0.15) is 16.7 Å². The Labute approximate surface area is 179 Å². The lowest BCUT2D eigenvalue weighted by Gasteiger charge is -2.20. The zero-order valence-electron chi connectivity index (χ0n) is 16.7. The van der Waals surface area contributed by atoms with Crippen molar-refractivity contribution >= 4 is 34.1 Å². The van der Waals surface area contributed by atoms with Gasteiger partial charge in [-0.25, -0.2) is 9.78 Å². The summed E-state index contributed by atoms with van der Waals surface area (Å²) in [6, 6.07) is 18.6. The first-order chi connectivity index (χ1) is 15.2. The Bertz CT molecular complexity index is 1300. The Kier molecular flexibility index (Phi) is 4.73. The Morgan fingerprint density at radius 3 is 2.84 bits per heavy atom. The van der Waals surface area contributed by atoms with Crippen molar-refractivity contribution in [1.82, 2.24) is 9.97 Å². The first kappa shape index (κ1) is 18.7. The number of amides is 2. The third-order valence-corrected chi connectivity index (χ3v) is 5.56. The van der Waals surface area contributed by atoms with Crippen molar-refractivity contribution in [3.05, 3.63) is 83.7 Å². The molecule has 31 heavy (non-hydrogen) atoms. The molecule has 2 aromatic carbocycles. The van der Waals surface area contributed by atoms with Gasteiger partial charge in [0.15, 0.2) is 0 Å². The van der Waals surface area contributed by atoms with E-state index in [1.807, 2.05) is 24.5 Å². The molecule has 0 unspecified atom stereocenters. The maximum atomic E-state index is 12.5. The molecular weight excluding hydrogens is 388 g/mol. The van der Waals surface area contributed by atoms with Crippen LogP contribution in [0.25, 0.3) is 11.0 Å². The van der Waals surface area contributed by atoms with Crippen molar-refractivity contribution in [2.24, 2.45) is 0 Å². The van der Waals surface area contributed by atoms with Crippen LogP contribution in [0.15, 0.2) is 67.0 Å². The maximum Gasteiger partial charge on any atom is 0.323 e. The van der Waals surface area contributed by atoms with E-state index in [4.69, 9.17) is 5.26 Å². The number of aromatic amines is 1. The molecule has 7 heteroatoms. The number of aromatic nitrogens is 2. The third kappa shape index (κ3) is 3.67. The number of nitriles is 1. The summed E-state index contributed by atoms with van der Waals surface area (Å²) in [5.74, 6) is 0. The van der Waals surface area contributed by atoms with Gasteiger partial charge in [0, 0.05) is 53.5 Å². The average Bonchev–Trinajstić information content (AvgIpc) is 3.43. The minimum absolute atomic E-state index is 0.306. The molecule has 5 rings (SSSR count). The number of H-pyrrole nitrogens is 1. The van der Waals surface area contributed by atoms with E-state index in [0.717, 1.165) is 47.5 Å². The number of anilines is 3. The summed E-state index contributed by atoms with van der Waals surface area (Å²) in [4.78, 5) is 22.4. The molecule has 7 nitrogen and oxygen atoms in total. The largest absolute Gasteiger partial charge is 0.367 e. The van der Waals surface area contributed by atoms with Crippen molar-refractivity contribution < 1.29 is 4.79 Å². The van der Waals surface area contributed by atoms with Crippen molar-refractivity contribution in [3.63, 3.8) is 0 Å². The van der Waals surface area contributed by atoms with Crippen LogP contribution in [0.5, 0.6) is 0 Å². The molecule has 1 aliphatic heterocycles. The normalized spacial score (nSPS) is 12.4. The van der Waals surface area contributed by atoms with Crippen molar-refractivity contribution in [3.8, 4) is 6.07 Å². The second-order valence-corrected chi connectivity index (χ2v) is 7.45. The number of rotatable bonds is 4. The first-order valence-corrected chi connectivity index (χ1v) is 10.1. The summed E-state index contributed by atoms with van der Waals surface area (Å²) in [6.07, 6.45) is 4.61. The van der Waals surface area contributed by atoms with Gasteiger partial charge in [-0.1, -0.05) is 6.07 Å². The van der Waals surface area contributed by atoms with Gasteiger partial charge in [0.2, 0.25) is 0 Å². The highest BCUT2D eigenvalue weighted by Gasteiger charge is 2.23. The number of pyridine rings is 1. The quantitative estimate of drug-likeness (QED) is 0.458. The monoisotopic (exact) mass is 408 g/mol. The van der Waals surface area contributed by atoms with E-state index in [1.54, 1.807) is 24.3 Å². The van der Waals surface area contributed by atoms with Crippen LogP contribution in [0.2, 0.25) is 0 Å². The van der Waals surface area contributed by atoms with Crippen LogP contribution in [-0.4, -0.2) is 22.5 Å². The van der Waals surface area contributed by atoms with Gasteiger partial charge in [0.25, 0.3) is 0 Å². The van der Waals surface area contributed by atoms with E-state index in [0.29, 0.717) is 11.3 Å². The molecule has 1 aliphatic rings. The summed E-state index contributed by atoms with van der Waals surface area (Å²) in [6.45, 7) is 1.67. The number of carbonyl (C=O) groups excluding carboxylic acids is 1. The van der Waals surface area contributed by atoms with Crippen LogP contribution >= 0.6 is 0 Å². The molecule has 0 saturated carbocycles. The Morgan fingerprint density at radius 2 is 2.00 bits per heavy atom.